The maximum Gasteiger partial charge on any atom is 0.345 e. The lowest BCUT2D eigenvalue weighted by atomic mass is 9.96. The van der Waals surface area contributed by atoms with Gasteiger partial charge in [-0.1, -0.05) is 0 Å². The van der Waals surface area contributed by atoms with Gasteiger partial charge in [-0.3, -0.25) is 9.56 Å². The average molecular weight is 348 g/mol. The summed E-state index contributed by atoms with van der Waals surface area (Å²) in [6.45, 7) is 2.21. The minimum Gasteiger partial charge on any atom is -0.373 e. The Hall–Kier alpha value is -1.83. The summed E-state index contributed by atoms with van der Waals surface area (Å²) in [5.41, 5.74) is 0.0383. The monoisotopic (exact) mass is 348 g/mol. The Labute approximate surface area is 147 Å². The number of nitrogens with zero attached hydrogens (tertiary/aromatic N) is 4. The van der Waals surface area contributed by atoms with Crippen LogP contribution in [0.25, 0.3) is 0 Å². The van der Waals surface area contributed by atoms with E-state index in [-0.39, 0.29) is 5.69 Å². The predicted molar refractivity (Wildman–Crippen MR) is 94.8 cm³/mol. The summed E-state index contributed by atoms with van der Waals surface area (Å²) in [6, 6.07) is 0.368. The van der Waals surface area contributed by atoms with E-state index < -0.39 is 0 Å². The fourth-order valence-electron chi connectivity index (χ4n) is 4.19. The lowest BCUT2D eigenvalue weighted by molar-refractivity contribution is 0.0992. The molecule has 2 saturated heterocycles. The van der Waals surface area contributed by atoms with E-state index in [1.54, 1.807) is 11.7 Å². The predicted octanol–water partition coefficient (Wildman–Crippen LogP) is 0.256. The van der Waals surface area contributed by atoms with Crippen LogP contribution in [0.15, 0.2) is 9.79 Å². The molecule has 25 heavy (non-hydrogen) atoms. The van der Waals surface area contributed by atoms with Crippen molar-refractivity contribution in [2.45, 2.75) is 76.3 Å². The third-order valence-corrected chi connectivity index (χ3v) is 5.52. The zero-order valence-electron chi connectivity index (χ0n) is 14.9. The third kappa shape index (κ3) is 3.44. The molecule has 4 rings (SSSR count). The van der Waals surface area contributed by atoms with Crippen LogP contribution < -0.4 is 16.3 Å². The summed E-state index contributed by atoms with van der Waals surface area (Å²) in [6.07, 6.45) is 8.14. The molecule has 3 atom stereocenters. The molecule has 8 heteroatoms. The molecule has 8 nitrogen and oxygen atoms in total. The van der Waals surface area contributed by atoms with Crippen LogP contribution in [-0.4, -0.2) is 52.1 Å². The Bertz CT molecular complexity index is 694. The number of guanidine groups is 1. The van der Waals surface area contributed by atoms with Gasteiger partial charge in [0.25, 0.3) is 0 Å². The Morgan fingerprint density at radius 1 is 1.40 bits per heavy atom. The van der Waals surface area contributed by atoms with Gasteiger partial charge < -0.3 is 15.4 Å². The Morgan fingerprint density at radius 3 is 3.04 bits per heavy atom. The van der Waals surface area contributed by atoms with E-state index in [0.717, 1.165) is 63.4 Å². The highest BCUT2D eigenvalue weighted by Crippen LogP contribution is 2.34. The first-order valence-corrected chi connectivity index (χ1v) is 9.54. The lowest BCUT2D eigenvalue weighted by Crippen LogP contribution is -2.47. The molecule has 1 aromatic rings. The van der Waals surface area contributed by atoms with E-state index in [4.69, 9.17) is 4.74 Å². The molecular formula is C17H28N6O2. The molecule has 3 aliphatic rings. The zero-order valence-corrected chi connectivity index (χ0v) is 14.9. The van der Waals surface area contributed by atoms with Gasteiger partial charge in [0.2, 0.25) is 0 Å². The molecule has 0 aliphatic carbocycles. The smallest absolute Gasteiger partial charge is 0.345 e. The summed E-state index contributed by atoms with van der Waals surface area (Å²) in [4.78, 5) is 16.6. The Kier molecular flexibility index (Phi) is 4.78. The minimum atomic E-state index is 0.0383. The van der Waals surface area contributed by atoms with E-state index in [2.05, 4.69) is 20.7 Å². The van der Waals surface area contributed by atoms with Crippen molar-refractivity contribution < 1.29 is 4.74 Å². The van der Waals surface area contributed by atoms with E-state index in [0.29, 0.717) is 24.8 Å². The second-order valence-corrected chi connectivity index (χ2v) is 7.24. The van der Waals surface area contributed by atoms with Crippen LogP contribution in [0, 0.1) is 0 Å². The van der Waals surface area contributed by atoms with Gasteiger partial charge in [-0.25, -0.2) is 9.48 Å². The molecule has 2 bridgehead atoms. The normalized spacial score (nSPS) is 28.2. The molecule has 3 aliphatic heterocycles. The van der Waals surface area contributed by atoms with Crippen LogP contribution in [0.2, 0.25) is 0 Å². The van der Waals surface area contributed by atoms with Crippen molar-refractivity contribution in [1.82, 2.24) is 25.0 Å². The number of rotatable bonds is 5. The molecule has 2 fully saturated rings. The Balaban J connectivity index is 1.23. The molecule has 3 unspecified atom stereocenters. The highest BCUT2D eigenvalue weighted by atomic mass is 16.5. The van der Waals surface area contributed by atoms with Gasteiger partial charge in [0, 0.05) is 33.1 Å². The van der Waals surface area contributed by atoms with E-state index >= 15 is 0 Å². The SMILES string of the molecule is CN=C(NCCCn1nc2n(c1=O)CCCC2)NC1CC2CCC1O2. The number of aromatic nitrogens is 3. The topological polar surface area (TPSA) is 85.5 Å². The first kappa shape index (κ1) is 16.6. The van der Waals surface area contributed by atoms with E-state index in [1.807, 2.05) is 4.57 Å². The lowest BCUT2D eigenvalue weighted by Gasteiger charge is -2.22. The highest BCUT2D eigenvalue weighted by molar-refractivity contribution is 5.80. The van der Waals surface area contributed by atoms with Crippen LogP contribution in [0.5, 0.6) is 0 Å². The van der Waals surface area contributed by atoms with Crippen molar-refractivity contribution in [2.75, 3.05) is 13.6 Å². The molecular weight excluding hydrogens is 320 g/mol. The molecule has 0 amide bonds. The number of ether oxygens (including phenoxy) is 1. The maximum absolute atomic E-state index is 12.3. The van der Waals surface area contributed by atoms with Gasteiger partial charge in [0.15, 0.2) is 5.96 Å². The molecule has 0 spiro atoms. The summed E-state index contributed by atoms with van der Waals surface area (Å²) >= 11 is 0. The fourth-order valence-corrected chi connectivity index (χ4v) is 4.19. The molecule has 0 aromatic carbocycles. The van der Waals surface area contributed by atoms with Crippen molar-refractivity contribution in [3.05, 3.63) is 16.3 Å². The number of hydrogen-bond donors (Lipinski definition) is 2. The summed E-state index contributed by atoms with van der Waals surface area (Å²) in [7, 11) is 1.79. The summed E-state index contributed by atoms with van der Waals surface area (Å²) in [5.74, 6) is 1.76. The van der Waals surface area contributed by atoms with E-state index in [9.17, 15) is 4.79 Å². The van der Waals surface area contributed by atoms with Crippen LogP contribution in [0.4, 0.5) is 0 Å². The van der Waals surface area contributed by atoms with Crippen molar-refractivity contribution >= 4 is 5.96 Å². The number of fused-ring (bicyclic) bond motifs is 3. The van der Waals surface area contributed by atoms with Crippen molar-refractivity contribution in [2.24, 2.45) is 4.99 Å². The van der Waals surface area contributed by atoms with Crippen LogP contribution in [0.3, 0.4) is 0 Å². The molecule has 0 radical (unpaired) electrons. The summed E-state index contributed by atoms with van der Waals surface area (Å²) < 4.78 is 9.31. The van der Waals surface area contributed by atoms with Crippen molar-refractivity contribution in [3.63, 3.8) is 0 Å². The second kappa shape index (κ2) is 7.19. The van der Waals surface area contributed by atoms with Gasteiger partial charge >= 0.3 is 5.69 Å². The van der Waals surface area contributed by atoms with Crippen LogP contribution in [-0.2, 0) is 24.2 Å². The van der Waals surface area contributed by atoms with Gasteiger partial charge in [-0.05, 0) is 38.5 Å². The fraction of sp³-hybridized carbons (Fsp3) is 0.824. The highest BCUT2D eigenvalue weighted by Gasteiger charge is 2.41. The second-order valence-electron chi connectivity index (χ2n) is 7.24. The summed E-state index contributed by atoms with van der Waals surface area (Å²) in [5, 5.41) is 11.3. The van der Waals surface area contributed by atoms with Crippen molar-refractivity contribution in [1.29, 1.82) is 0 Å². The number of aliphatic imine (C=N–C) groups is 1. The molecule has 1 aromatic heterocycles. The quantitative estimate of drug-likeness (QED) is 0.453. The number of nitrogens with one attached hydrogen (secondary N) is 2. The third-order valence-electron chi connectivity index (χ3n) is 5.52. The molecule has 138 valence electrons. The first-order chi connectivity index (χ1) is 12.2. The number of hydrogen-bond acceptors (Lipinski definition) is 4. The van der Waals surface area contributed by atoms with Crippen molar-refractivity contribution in [3.8, 4) is 0 Å². The minimum absolute atomic E-state index is 0.0383. The van der Waals surface area contributed by atoms with Gasteiger partial charge in [-0.15, -0.1) is 0 Å². The van der Waals surface area contributed by atoms with Crippen LogP contribution >= 0.6 is 0 Å². The molecule has 2 N–H and O–H groups in total. The van der Waals surface area contributed by atoms with Gasteiger partial charge in [-0.2, -0.15) is 5.10 Å². The average Bonchev–Trinajstić information content (AvgIpc) is 3.33. The molecule has 0 saturated carbocycles. The van der Waals surface area contributed by atoms with E-state index in [1.165, 1.54) is 6.42 Å². The van der Waals surface area contributed by atoms with Gasteiger partial charge in [0.05, 0.1) is 18.2 Å². The maximum atomic E-state index is 12.3. The first-order valence-electron chi connectivity index (χ1n) is 9.54. The zero-order chi connectivity index (χ0) is 17.2. The largest absolute Gasteiger partial charge is 0.373 e. The van der Waals surface area contributed by atoms with Crippen LogP contribution in [0.1, 0.15) is 44.3 Å². The standard InChI is InChI=1S/C17H28N6O2/c1-18-16(20-13-11-12-6-7-14(13)25-12)19-8-4-10-23-17(24)22-9-3-2-5-15(22)21-23/h12-14H,2-11H2,1H3,(H2,18,19,20). The Morgan fingerprint density at radius 2 is 2.32 bits per heavy atom. The van der Waals surface area contributed by atoms with Gasteiger partial charge in [0.1, 0.15) is 5.82 Å². The molecule has 4 heterocycles. The number of aryl methyl sites for hydroxylation is 2.